The predicted molar refractivity (Wildman–Crippen MR) is 283 cm³/mol. The van der Waals surface area contributed by atoms with Crippen molar-refractivity contribution in [3.8, 4) is 33.4 Å². The maximum absolute atomic E-state index is 6.13. The van der Waals surface area contributed by atoms with Gasteiger partial charge in [0.05, 0.1) is 5.41 Å². The van der Waals surface area contributed by atoms with E-state index >= 15 is 0 Å². The molecule has 0 spiro atoms. The zero-order valence-electron chi connectivity index (χ0n) is 37.9. The monoisotopic (exact) mass is 861 g/mol. The van der Waals surface area contributed by atoms with Crippen LogP contribution in [0.15, 0.2) is 235 Å². The van der Waals surface area contributed by atoms with E-state index in [-0.39, 0.29) is 10.8 Å². The van der Waals surface area contributed by atoms with Crippen molar-refractivity contribution in [1.82, 2.24) is 0 Å². The maximum atomic E-state index is 6.13. The van der Waals surface area contributed by atoms with Crippen LogP contribution >= 0.6 is 0 Å². The van der Waals surface area contributed by atoms with Crippen LogP contribution in [0.4, 0.5) is 11.4 Å². The molecule has 322 valence electrons. The second-order valence-electron chi connectivity index (χ2n) is 18.7. The van der Waals surface area contributed by atoms with Gasteiger partial charge in [-0.3, -0.25) is 0 Å². The molecular formula is C65H51NO. The highest BCUT2D eigenvalue weighted by Crippen LogP contribution is 2.63. The summed E-state index contributed by atoms with van der Waals surface area (Å²) < 4.78 is 6.13. The third-order valence-corrected chi connectivity index (χ3v) is 14.8. The minimum atomic E-state index is -0.302. The van der Waals surface area contributed by atoms with Crippen LogP contribution in [0.5, 0.6) is 0 Å². The van der Waals surface area contributed by atoms with Gasteiger partial charge in [-0.1, -0.05) is 214 Å². The lowest BCUT2D eigenvalue weighted by molar-refractivity contribution is 0.293. The maximum Gasteiger partial charge on any atom is 0.136 e. The predicted octanol–water partition coefficient (Wildman–Crippen LogP) is 17.9. The first-order chi connectivity index (χ1) is 33.0. The first-order valence-corrected chi connectivity index (χ1v) is 23.7. The minimum Gasteiger partial charge on any atom is -0.456 e. The first-order valence-electron chi connectivity index (χ1n) is 23.7. The summed E-state index contributed by atoms with van der Waals surface area (Å²) >= 11 is 0. The van der Waals surface area contributed by atoms with Crippen molar-refractivity contribution in [2.75, 3.05) is 5.32 Å². The van der Waals surface area contributed by atoms with Crippen LogP contribution in [-0.4, -0.2) is 0 Å². The molecule has 3 aliphatic carbocycles. The Bertz CT molecular complexity index is 3570. The fraction of sp³-hybridized carbons (Fsp3) is 0.108. The molecule has 13 rings (SSSR count). The van der Waals surface area contributed by atoms with E-state index < -0.39 is 0 Å². The third-order valence-electron chi connectivity index (χ3n) is 14.8. The van der Waals surface area contributed by atoms with Gasteiger partial charge < -0.3 is 9.73 Å². The highest BCUT2D eigenvalue weighted by Gasteiger charge is 2.55. The van der Waals surface area contributed by atoms with Crippen LogP contribution in [-0.2, 0) is 5.41 Å². The van der Waals surface area contributed by atoms with Gasteiger partial charge in [0.2, 0.25) is 0 Å². The quantitative estimate of drug-likeness (QED) is 0.180. The van der Waals surface area contributed by atoms with E-state index in [4.69, 9.17) is 4.42 Å². The lowest BCUT2D eigenvalue weighted by atomic mass is 9.54. The van der Waals surface area contributed by atoms with Gasteiger partial charge in [0.1, 0.15) is 11.2 Å². The van der Waals surface area contributed by atoms with Gasteiger partial charge in [-0.25, -0.2) is 0 Å². The molecule has 0 saturated heterocycles. The van der Waals surface area contributed by atoms with Crippen molar-refractivity contribution in [3.63, 3.8) is 0 Å². The number of anilines is 2. The van der Waals surface area contributed by atoms with E-state index in [1.54, 1.807) is 0 Å². The number of fused-ring (bicyclic) bond motifs is 9. The van der Waals surface area contributed by atoms with E-state index in [0.29, 0.717) is 5.92 Å². The van der Waals surface area contributed by atoms with Crippen LogP contribution in [0.2, 0.25) is 0 Å². The average molecular weight is 862 g/mol. The fourth-order valence-electron chi connectivity index (χ4n) is 11.5. The number of allylic oxidation sites excluding steroid dienone is 5. The molecule has 10 aromatic rings. The van der Waals surface area contributed by atoms with Crippen molar-refractivity contribution < 1.29 is 4.42 Å². The van der Waals surface area contributed by atoms with Gasteiger partial charge in [-0.05, 0) is 122 Å². The lowest BCUT2D eigenvalue weighted by Gasteiger charge is -2.48. The van der Waals surface area contributed by atoms with Gasteiger partial charge in [0, 0.05) is 33.1 Å². The molecule has 1 heterocycles. The summed E-state index contributed by atoms with van der Waals surface area (Å²) in [5, 5.41) is 8.67. The van der Waals surface area contributed by atoms with Crippen LogP contribution < -0.4 is 5.32 Å². The minimum absolute atomic E-state index is 0.118. The number of rotatable bonds is 6. The van der Waals surface area contributed by atoms with Crippen LogP contribution in [0.3, 0.4) is 0 Å². The molecule has 3 aliphatic rings. The Morgan fingerprint density at radius 2 is 1.24 bits per heavy atom. The second-order valence-corrected chi connectivity index (χ2v) is 18.7. The Hall–Kier alpha value is -7.94. The number of hydrogen-bond acceptors (Lipinski definition) is 2. The lowest BCUT2D eigenvalue weighted by Crippen LogP contribution is -2.43. The van der Waals surface area contributed by atoms with Crippen molar-refractivity contribution in [2.45, 2.75) is 38.0 Å². The number of furan rings is 1. The van der Waals surface area contributed by atoms with Crippen molar-refractivity contribution in [1.29, 1.82) is 0 Å². The summed E-state index contributed by atoms with van der Waals surface area (Å²) in [6, 6.07) is 72.3. The Kier molecular flexibility index (Phi) is 9.98. The Morgan fingerprint density at radius 1 is 0.537 bits per heavy atom. The summed E-state index contributed by atoms with van der Waals surface area (Å²) in [7, 11) is 0. The largest absolute Gasteiger partial charge is 0.456 e. The summed E-state index contributed by atoms with van der Waals surface area (Å²) in [5.41, 5.74) is 18.2. The van der Waals surface area contributed by atoms with E-state index in [9.17, 15) is 0 Å². The molecule has 1 aromatic heterocycles. The molecule has 0 aliphatic heterocycles. The molecular weight excluding hydrogens is 811 g/mol. The van der Waals surface area contributed by atoms with Crippen LogP contribution in [0.25, 0.3) is 72.2 Å². The topological polar surface area (TPSA) is 25.2 Å². The van der Waals surface area contributed by atoms with Crippen molar-refractivity contribution in [3.05, 3.63) is 258 Å². The molecule has 9 aromatic carbocycles. The summed E-state index contributed by atoms with van der Waals surface area (Å²) in [6.07, 6.45) is 15.9. The Labute approximate surface area is 393 Å². The smallest absolute Gasteiger partial charge is 0.136 e. The Balaban J connectivity index is 0.000000145. The normalized spacial score (nSPS) is 18.9. The summed E-state index contributed by atoms with van der Waals surface area (Å²) in [6.45, 7) is 4.76. The molecule has 0 fully saturated rings. The van der Waals surface area contributed by atoms with E-state index in [0.717, 1.165) is 29.7 Å². The zero-order valence-corrected chi connectivity index (χ0v) is 37.9. The van der Waals surface area contributed by atoms with E-state index in [1.165, 1.54) is 88.4 Å². The van der Waals surface area contributed by atoms with Gasteiger partial charge in [-0.2, -0.15) is 0 Å². The first kappa shape index (κ1) is 40.6. The van der Waals surface area contributed by atoms with Gasteiger partial charge in [0.15, 0.2) is 0 Å². The third kappa shape index (κ3) is 6.78. The van der Waals surface area contributed by atoms with Gasteiger partial charge >= 0.3 is 0 Å². The Morgan fingerprint density at radius 3 is 2.06 bits per heavy atom. The highest BCUT2D eigenvalue weighted by molar-refractivity contribution is 6.19. The molecule has 1 N–H and O–H groups in total. The van der Waals surface area contributed by atoms with Crippen molar-refractivity contribution >= 4 is 50.2 Å². The van der Waals surface area contributed by atoms with E-state index in [1.807, 2.05) is 6.07 Å². The van der Waals surface area contributed by atoms with Gasteiger partial charge in [0.25, 0.3) is 0 Å². The van der Waals surface area contributed by atoms with Crippen molar-refractivity contribution in [2.24, 2.45) is 5.41 Å². The van der Waals surface area contributed by atoms with Gasteiger partial charge in [-0.15, -0.1) is 0 Å². The van der Waals surface area contributed by atoms with Crippen LogP contribution in [0.1, 0.15) is 60.4 Å². The molecule has 3 atom stereocenters. The zero-order chi connectivity index (χ0) is 45.0. The highest BCUT2D eigenvalue weighted by atomic mass is 16.3. The summed E-state index contributed by atoms with van der Waals surface area (Å²) in [5.74, 6) is 0.545. The SMILES string of the molecule is CC1CC=Cc2c(Nc3ccc4c(c3)C(c3ccccc3)(C3(C)C=CC=CC3)c3ccccc3-4)cccc21.c1ccc(-c2ccc(-c3ccc4oc5ccc6ccccc6c5c4c3)cc2)cc1. The summed E-state index contributed by atoms with van der Waals surface area (Å²) in [4.78, 5) is 0. The fourth-order valence-corrected chi connectivity index (χ4v) is 11.5. The second kappa shape index (κ2) is 16.5. The molecule has 0 saturated carbocycles. The number of hydrogen-bond donors (Lipinski definition) is 1. The molecule has 67 heavy (non-hydrogen) atoms. The molecule has 2 nitrogen and oxygen atoms in total. The van der Waals surface area contributed by atoms with Crippen LogP contribution in [0, 0.1) is 5.41 Å². The average Bonchev–Trinajstić information content (AvgIpc) is 3.92. The van der Waals surface area contributed by atoms with E-state index in [2.05, 4.69) is 250 Å². The molecule has 2 heteroatoms. The number of nitrogens with one attached hydrogen (secondary N) is 1. The molecule has 0 radical (unpaired) electrons. The number of benzene rings is 9. The standard InChI is InChI=1S/C37H33N.C28H18O/c1-26-13-11-18-32-29(26)17-12-20-35(32)38-28-21-22-31-30-16-7-8-19-33(30)37(34(31)25-28,27-14-5-3-6-15-27)36(2)23-9-4-10-24-36;1-2-6-19(7-3-1)20-10-12-21(13-11-20)23-15-16-26-25(18-23)28-24-9-5-4-8-22(24)14-17-27(28)29-26/h3-12,14-23,25-26,38H,13,24H2,1-2H3;1-18H. The molecule has 3 unspecified atom stereocenters. The molecule has 0 amide bonds. The molecule has 0 bridgehead atoms.